The number of morpholine rings is 1. The van der Waals surface area contributed by atoms with Gasteiger partial charge in [-0.2, -0.15) is 0 Å². The summed E-state index contributed by atoms with van der Waals surface area (Å²) in [6.07, 6.45) is 0. The molecule has 3 aromatic carbocycles. The number of hydrogen-bond acceptors (Lipinski definition) is 5. The Balaban J connectivity index is 1.59. The smallest absolute Gasteiger partial charge is 0.343 e. The van der Waals surface area contributed by atoms with Gasteiger partial charge in [0.25, 0.3) is 0 Å². The third kappa shape index (κ3) is 4.33. The van der Waals surface area contributed by atoms with Crippen LogP contribution in [0.2, 0.25) is 0 Å². The fraction of sp³-hybridized carbons (Fsp3) is 0.217. The van der Waals surface area contributed by atoms with Crippen LogP contribution in [0.1, 0.15) is 15.9 Å². The molecule has 0 saturated carbocycles. The highest BCUT2D eigenvalue weighted by Crippen LogP contribution is 2.38. The summed E-state index contributed by atoms with van der Waals surface area (Å²) in [7, 11) is 1.54. The summed E-state index contributed by atoms with van der Waals surface area (Å²) in [5.41, 5.74) is 1.29. The molecule has 0 unspecified atom stereocenters. The van der Waals surface area contributed by atoms with Crippen LogP contribution in [-0.4, -0.2) is 49.3 Å². The number of carbonyl (C=O) groups excluding carboxylic acids is 1. The van der Waals surface area contributed by atoms with E-state index >= 15 is 0 Å². The number of rotatable bonds is 4. The minimum atomic E-state index is -0.455. The number of benzene rings is 3. The molecule has 1 aliphatic heterocycles. The highest BCUT2D eigenvalue weighted by atomic mass is 79.9. The van der Waals surface area contributed by atoms with Gasteiger partial charge in [0, 0.05) is 18.7 Å². The molecule has 0 amide bonds. The first-order valence-electron chi connectivity index (χ1n) is 9.52. The molecule has 0 bridgehead atoms. The Hall–Kier alpha value is -2.48. The summed E-state index contributed by atoms with van der Waals surface area (Å²) in [5, 5.41) is 2.04. The van der Waals surface area contributed by atoms with Crippen molar-refractivity contribution in [3.63, 3.8) is 0 Å². The number of thiocarbonyl (C=S) groups is 1. The quantitative estimate of drug-likeness (QED) is 0.299. The van der Waals surface area contributed by atoms with Gasteiger partial charge in [-0.3, -0.25) is 0 Å². The van der Waals surface area contributed by atoms with Gasteiger partial charge >= 0.3 is 5.97 Å². The summed E-state index contributed by atoms with van der Waals surface area (Å²) in [6, 6.07) is 17.0. The van der Waals surface area contributed by atoms with E-state index in [9.17, 15) is 4.79 Å². The lowest BCUT2D eigenvalue weighted by Gasteiger charge is -2.29. The van der Waals surface area contributed by atoms with Crippen molar-refractivity contribution in [2.45, 2.75) is 0 Å². The third-order valence-electron chi connectivity index (χ3n) is 4.95. The molecular weight excluding hydrogens is 466 g/mol. The van der Waals surface area contributed by atoms with Crippen LogP contribution < -0.4 is 9.47 Å². The van der Waals surface area contributed by atoms with Gasteiger partial charge < -0.3 is 19.1 Å². The molecule has 4 rings (SSSR count). The van der Waals surface area contributed by atoms with Gasteiger partial charge in [0.05, 0.1) is 30.4 Å². The minimum absolute atomic E-state index is 0.323. The summed E-state index contributed by atoms with van der Waals surface area (Å²) >= 11 is 9.16. The number of halogens is 1. The van der Waals surface area contributed by atoms with E-state index in [-0.39, 0.29) is 0 Å². The van der Waals surface area contributed by atoms with Crippen molar-refractivity contribution >= 4 is 49.9 Å². The van der Waals surface area contributed by atoms with Gasteiger partial charge in [-0.15, -0.1) is 0 Å². The van der Waals surface area contributed by atoms with Crippen LogP contribution in [0.15, 0.2) is 59.1 Å². The number of hydrogen-bond donors (Lipinski definition) is 0. The van der Waals surface area contributed by atoms with Crippen molar-refractivity contribution in [1.29, 1.82) is 0 Å². The minimum Gasteiger partial charge on any atom is -0.493 e. The maximum Gasteiger partial charge on any atom is 0.343 e. The monoisotopic (exact) mass is 485 g/mol. The van der Waals surface area contributed by atoms with Crippen LogP contribution in [0.4, 0.5) is 0 Å². The molecule has 0 aromatic heterocycles. The zero-order chi connectivity index (χ0) is 21.1. The van der Waals surface area contributed by atoms with Gasteiger partial charge in [-0.1, -0.05) is 42.5 Å². The first-order chi connectivity index (χ1) is 14.6. The molecule has 0 radical (unpaired) electrons. The largest absolute Gasteiger partial charge is 0.493 e. The van der Waals surface area contributed by atoms with Crippen LogP contribution in [-0.2, 0) is 4.74 Å². The normalized spacial score (nSPS) is 13.9. The summed E-state index contributed by atoms with van der Waals surface area (Å²) < 4.78 is 17.2. The molecule has 0 spiro atoms. The summed E-state index contributed by atoms with van der Waals surface area (Å²) in [5.74, 6) is 0.302. The van der Waals surface area contributed by atoms with Crippen LogP contribution in [0.5, 0.6) is 11.5 Å². The van der Waals surface area contributed by atoms with Gasteiger partial charge in [-0.25, -0.2) is 4.79 Å². The second kappa shape index (κ2) is 9.12. The zero-order valence-electron chi connectivity index (χ0n) is 16.4. The van der Waals surface area contributed by atoms with Crippen molar-refractivity contribution < 1.29 is 19.0 Å². The molecule has 0 atom stereocenters. The number of carbonyl (C=O) groups is 1. The molecule has 1 saturated heterocycles. The Morgan fingerprint density at radius 3 is 2.50 bits per heavy atom. The fourth-order valence-electron chi connectivity index (χ4n) is 3.36. The van der Waals surface area contributed by atoms with Crippen LogP contribution in [0, 0.1) is 0 Å². The van der Waals surface area contributed by atoms with E-state index in [1.165, 1.54) is 7.11 Å². The molecule has 1 fully saturated rings. The van der Waals surface area contributed by atoms with Crippen molar-refractivity contribution in [2.24, 2.45) is 0 Å². The first kappa shape index (κ1) is 20.8. The lowest BCUT2D eigenvalue weighted by Crippen LogP contribution is -2.40. The van der Waals surface area contributed by atoms with E-state index < -0.39 is 5.97 Å². The van der Waals surface area contributed by atoms with E-state index in [1.54, 1.807) is 12.1 Å². The van der Waals surface area contributed by atoms with E-state index in [0.717, 1.165) is 29.4 Å². The Kier molecular flexibility index (Phi) is 6.32. The van der Waals surface area contributed by atoms with Gasteiger partial charge in [-0.05, 0) is 51.0 Å². The van der Waals surface area contributed by atoms with Crippen LogP contribution in [0.25, 0.3) is 10.8 Å². The maximum atomic E-state index is 12.8. The molecular formula is C23H20BrNO4S. The number of esters is 1. The lowest BCUT2D eigenvalue weighted by atomic mass is 10.1. The lowest BCUT2D eigenvalue weighted by molar-refractivity contribution is 0.0692. The summed E-state index contributed by atoms with van der Waals surface area (Å²) in [6.45, 7) is 2.80. The maximum absolute atomic E-state index is 12.8. The summed E-state index contributed by atoms with van der Waals surface area (Å²) in [4.78, 5) is 15.6. The standard InChI is InChI=1S/C23H20BrNO4S/c1-27-20-14-18(22(30)25-8-10-28-11-9-25)13-19(24)21(20)29-23(26)17-7-6-15-4-2-3-5-16(15)12-17/h2-7,12-14H,8-11H2,1H3. The Morgan fingerprint density at radius 1 is 1.03 bits per heavy atom. The molecule has 1 heterocycles. The highest BCUT2D eigenvalue weighted by Gasteiger charge is 2.21. The Labute approximate surface area is 188 Å². The van der Waals surface area contributed by atoms with E-state index in [1.807, 2.05) is 42.5 Å². The molecule has 0 N–H and O–H groups in total. The molecule has 1 aliphatic rings. The number of methoxy groups -OCH3 is 1. The van der Waals surface area contributed by atoms with Crippen molar-refractivity contribution in [3.05, 3.63) is 70.2 Å². The first-order valence-corrected chi connectivity index (χ1v) is 10.7. The molecule has 3 aromatic rings. The second-order valence-corrected chi connectivity index (χ2v) is 8.09. The van der Waals surface area contributed by atoms with Crippen LogP contribution >= 0.6 is 28.1 Å². The zero-order valence-corrected chi connectivity index (χ0v) is 18.8. The number of fused-ring (bicyclic) bond motifs is 1. The molecule has 0 aliphatic carbocycles. The molecule has 30 heavy (non-hydrogen) atoms. The van der Waals surface area contributed by atoms with Gasteiger partial charge in [0.1, 0.15) is 4.99 Å². The van der Waals surface area contributed by atoms with Gasteiger partial charge in [0.2, 0.25) is 0 Å². The van der Waals surface area contributed by atoms with E-state index in [2.05, 4.69) is 20.8 Å². The van der Waals surface area contributed by atoms with Crippen molar-refractivity contribution in [3.8, 4) is 11.5 Å². The third-order valence-corrected chi connectivity index (χ3v) is 6.04. The average molecular weight is 486 g/mol. The predicted octanol–water partition coefficient (Wildman–Crippen LogP) is 4.84. The number of ether oxygens (including phenoxy) is 3. The SMILES string of the molecule is COc1cc(C(=S)N2CCOCC2)cc(Br)c1OC(=O)c1ccc2ccccc2c1. The average Bonchev–Trinajstić information content (AvgIpc) is 2.79. The Morgan fingerprint density at radius 2 is 1.77 bits per heavy atom. The van der Waals surface area contributed by atoms with Crippen molar-refractivity contribution in [1.82, 2.24) is 4.90 Å². The molecule has 154 valence electrons. The van der Waals surface area contributed by atoms with Crippen LogP contribution in [0.3, 0.4) is 0 Å². The Bertz CT molecular complexity index is 1110. The van der Waals surface area contributed by atoms with Gasteiger partial charge in [0.15, 0.2) is 11.5 Å². The number of nitrogens with zero attached hydrogens (tertiary/aromatic N) is 1. The van der Waals surface area contributed by atoms with E-state index in [0.29, 0.717) is 39.7 Å². The molecule has 5 nitrogen and oxygen atoms in total. The highest BCUT2D eigenvalue weighted by molar-refractivity contribution is 9.10. The van der Waals surface area contributed by atoms with Crippen molar-refractivity contribution in [2.75, 3.05) is 33.4 Å². The second-order valence-electron chi connectivity index (χ2n) is 6.85. The van der Waals surface area contributed by atoms with E-state index in [4.69, 9.17) is 26.4 Å². The molecule has 7 heteroatoms. The fourth-order valence-corrected chi connectivity index (χ4v) is 4.18. The topological polar surface area (TPSA) is 48.0 Å². The predicted molar refractivity (Wildman–Crippen MR) is 124 cm³/mol.